The van der Waals surface area contributed by atoms with Gasteiger partial charge in [-0.3, -0.25) is 0 Å². The Morgan fingerprint density at radius 1 is 1.09 bits per heavy atom. The van der Waals surface area contributed by atoms with E-state index in [1.165, 1.54) is 31.2 Å². The van der Waals surface area contributed by atoms with Crippen molar-refractivity contribution in [1.29, 1.82) is 5.26 Å². The number of benzene rings is 1. The molecule has 0 unspecified atom stereocenters. The lowest BCUT2D eigenvalue weighted by molar-refractivity contribution is 0.411. The van der Waals surface area contributed by atoms with Crippen LogP contribution in [-0.2, 0) is 12.8 Å². The predicted octanol–water partition coefficient (Wildman–Crippen LogP) is 4.40. The van der Waals surface area contributed by atoms with Gasteiger partial charge in [-0.25, -0.2) is 14.3 Å². The molecule has 2 aliphatic rings. The third kappa shape index (κ3) is 3.45. The molecule has 0 bridgehead atoms. The summed E-state index contributed by atoms with van der Waals surface area (Å²) < 4.78 is 9.61. The average molecular weight is 452 g/mol. The Kier molecular flexibility index (Phi) is 5.10. The number of fused-ring (bicyclic) bond motifs is 1. The lowest BCUT2D eigenvalue weighted by Crippen LogP contribution is -2.12. The molecule has 170 valence electrons. The van der Waals surface area contributed by atoms with Gasteiger partial charge in [0.25, 0.3) is 0 Å². The van der Waals surface area contributed by atoms with E-state index in [9.17, 15) is 5.26 Å². The molecule has 0 saturated heterocycles. The van der Waals surface area contributed by atoms with Crippen molar-refractivity contribution in [3.8, 4) is 28.8 Å². The largest absolute Gasteiger partial charge is 0.494 e. The second-order valence-electron chi connectivity index (χ2n) is 9.07. The van der Waals surface area contributed by atoms with Gasteiger partial charge < -0.3 is 4.74 Å². The molecule has 4 aromatic rings. The van der Waals surface area contributed by atoms with Crippen molar-refractivity contribution in [3.63, 3.8) is 0 Å². The number of nitrogens with zero attached hydrogens (tertiary/aromatic N) is 7. The van der Waals surface area contributed by atoms with Crippen LogP contribution >= 0.6 is 0 Å². The minimum Gasteiger partial charge on any atom is -0.494 e. The molecule has 1 fully saturated rings. The molecule has 0 amide bonds. The first-order chi connectivity index (χ1) is 16.7. The smallest absolute Gasteiger partial charge is 0.144 e. The van der Waals surface area contributed by atoms with Gasteiger partial charge in [0.1, 0.15) is 23.2 Å². The van der Waals surface area contributed by atoms with E-state index in [0.717, 1.165) is 46.9 Å². The SMILES string of the molecule is COc1ccccc1-n1nc2c(c1-c1ccc(C#N)nc1)C[C@H](n1cc(C3CCCC3)nn1)C2. The molecule has 0 radical (unpaired) electrons. The van der Waals surface area contributed by atoms with E-state index in [1.54, 1.807) is 19.4 Å². The average Bonchev–Trinajstić information content (AvgIpc) is 3.67. The summed E-state index contributed by atoms with van der Waals surface area (Å²) in [6.45, 7) is 0. The van der Waals surface area contributed by atoms with Crippen LogP contribution in [0.1, 0.15) is 60.3 Å². The third-order valence-electron chi connectivity index (χ3n) is 7.08. The molecule has 1 atom stereocenters. The first-order valence-electron chi connectivity index (χ1n) is 11.8. The number of rotatable bonds is 5. The fourth-order valence-corrected chi connectivity index (χ4v) is 5.35. The number of aromatic nitrogens is 6. The number of methoxy groups -OCH3 is 1. The van der Waals surface area contributed by atoms with Crippen LogP contribution < -0.4 is 4.74 Å². The molecule has 8 nitrogen and oxygen atoms in total. The van der Waals surface area contributed by atoms with Gasteiger partial charge in [0.2, 0.25) is 0 Å². The molecule has 34 heavy (non-hydrogen) atoms. The molecule has 1 aromatic carbocycles. The number of hydrogen-bond donors (Lipinski definition) is 0. The Morgan fingerprint density at radius 3 is 2.71 bits per heavy atom. The lowest BCUT2D eigenvalue weighted by Gasteiger charge is -2.15. The predicted molar refractivity (Wildman–Crippen MR) is 126 cm³/mol. The van der Waals surface area contributed by atoms with Crippen molar-refractivity contribution in [3.05, 3.63) is 71.4 Å². The highest BCUT2D eigenvalue weighted by Crippen LogP contribution is 2.40. The fraction of sp³-hybridized carbons (Fsp3) is 0.346. The van der Waals surface area contributed by atoms with E-state index in [1.807, 2.05) is 39.7 Å². The maximum atomic E-state index is 9.19. The molecule has 3 heterocycles. The number of para-hydroxylation sites is 2. The van der Waals surface area contributed by atoms with E-state index in [-0.39, 0.29) is 6.04 Å². The van der Waals surface area contributed by atoms with Crippen LogP contribution in [0.25, 0.3) is 16.9 Å². The van der Waals surface area contributed by atoms with E-state index in [0.29, 0.717) is 11.6 Å². The molecule has 0 N–H and O–H groups in total. The number of hydrogen-bond acceptors (Lipinski definition) is 6. The first kappa shape index (κ1) is 20.6. The van der Waals surface area contributed by atoms with Crippen molar-refractivity contribution >= 4 is 0 Å². The zero-order valence-corrected chi connectivity index (χ0v) is 19.1. The minimum atomic E-state index is 0.192. The van der Waals surface area contributed by atoms with Gasteiger partial charge in [-0.05, 0) is 43.5 Å². The molecule has 3 aromatic heterocycles. The summed E-state index contributed by atoms with van der Waals surface area (Å²) in [4.78, 5) is 4.32. The quantitative estimate of drug-likeness (QED) is 0.446. The zero-order chi connectivity index (χ0) is 23.1. The van der Waals surface area contributed by atoms with Crippen molar-refractivity contribution in [2.75, 3.05) is 7.11 Å². The summed E-state index contributed by atoms with van der Waals surface area (Å²) in [6.07, 6.45) is 10.5. The highest BCUT2D eigenvalue weighted by Gasteiger charge is 2.33. The lowest BCUT2D eigenvalue weighted by atomic mass is 10.1. The zero-order valence-electron chi connectivity index (χ0n) is 19.1. The van der Waals surface area contributed by atoms with E-state index < -0.39 is 0 Å². The molecule has 0 aliphatic heterocycles. The number of pyridine rings is 1. The Bertz CT molecular complexity index is 1370. The second-order valence-corrected chi connectivity index (χ2v) is 9.07. The van der Waals surface area contributed by atoms with Gasteiger partial charge in [-0.2, -0.15) is 10.4 Å². The molecule has 1 saturated carbocycles. The summed E-state index contributed by atoms with van der Waals surface area (Å²) >= 11 is 0. The van der Waals surface area contributed by atoms with Gasteiger partial charge >= 0.3 is 0 Å². The number of nitriles is 1. The van der Waals surface area contributed by atoms with E-state index in [4.69, 9.17) is 9.84 Å². The van der Waals surface area contributed by atoms with Crippen LogP contribution in [0.4, 0.5) is 0 Å². The Labute approximate surface area is 197 Å². The topological polar surface area (TPSA) is 94.4 Å². The van der Waals surface area contributed by atoms with Gasteiger partial charge in [0.05, 0.1) is 30.2 Å². The molecule has 8 heteroatoms. The van der Waals surface area contributed by atoms with Crippen LogP contribution in [0.3, 0.4) is 0 Å². The highest BCUT2D eigenvalue weighted by molar-refractivity contribution is 5.69. The molecular formula is C26H25N7O. The molecular weight excluding hydrogens is 426 g/mol. The number of ether oxygens (including phenoxy) is 1. The third-order valence-corrected chi connectivity index (χ3v) is 7.08. The minimum absolute atomic E-state index is 0.192. The maximum absolute atomic E-state index is 9.19. The van der Waals surface area contributed by atoms with E-state index in [2.05, 4.69) is 27.6 Å². The second kappa shape index (κ2) is 8.41. The normalized spacial score (nSPS) is 17.6. The van der Waals surface area contributed by atoms with Crippen molar-refractivity contribution in [1.82, 2.24) is 29.8 Å². The van der Waals surface area contributed by atoms with Gasteiger partial charge in [-0.1, -0.05) is 30.2 Å². The summed E-state index contributed by atoms with van der Waals surface area (Å²) in [6, 6.07) is 13.9. The highest BCUT2D eigenvalue weighted by atomic mass is 16.5. The fourth-order valence-electron chi connectivity index (χ4n) is 5.35. The monoisotopic (exact) mass is 451 g/mol. The molecule has 6 rings (SSSR count). The van der Waals surface area contributed by atoms with Gasteiger partial charge in [0, 0.05) is 35.9 Å². The van der Waals surface area contributed by atoms with Crippen LogP contribution in [-0.4, -0.2) is 36.9 Å². The van der Waals surface area contributed by atoms with Gasteiger partial charge in [0.15, 0.2) is 0 Å². The van der Waals surface area contributed by atoms with E-state index >= 15 is 0 Å². The summed E-state index contributed by atoms with van der Waals surface area (Å²) in [7, 11) is 1.67. The Balaban J connectivity index is 1.40. The summed E-state index contributed by atoms with van der Waals surface area (Å²) in [5.41, 5.74) is 6.52. The van der Waals surface area contributed by atoms with Crippen LogP contribution in [0, 0.1) is 11.3 Å². The van der Waals surface area contributed by atoms with Crippen molar-refractivity contribution in [2.24, 2.45) is 0 Å². The van der Waals surface area contributed by atoms with Gasteiger partial charge in [-0.15, -0.1) is 5.10 Å². The van der Waals surface area contributed by atoms with Crippen LogP contribution in [0.5, 0.6) is 5.75 Å². The summed E-state index contributed by atoms with van der Waals surface area (Å²) in [5.74, 6) is 1.30. The van der Waals surface area contributed by atoms with Crippen LogP contribution in [0.2, 0.25) is 0 Å². The summed E-state index contributed by atoms with van der Waals surface area (Å²) in [5, 5.41) is 23.2. The van der Waals surface area contributed by atoms with Crippen molar-refractivity contribution in [2.45, 2.75) is 50.5 Å². The maximum Gasteiger partial charge on any atom is 0.144 e. The van der Waals surface area contributed by atoms with Crippen molar-refractivity contribution < 1.29 is 4.74 Å². The Morgan fingerprint density at radius 2 is 1.94 bits per heavy atom. The molecule has 2 aliphatic carbocycles. The molecule has 0 spiro atoms. The van der Waals surface area contributed by atoms with Crippen LogP contribution in [0.15, 0.2) is 48.8 Å². The first-order valence-corrected chi connectivity index (χ1v) is 11.8. The Hall–Kier alpha value is -3.99. The standard InChI is InChI=1S/C26H25N7O/c1-34-25-9-5-4-8-24(25)33-26(18-10-11-19(14-27)28-15-18)21-12-20(13-22(21)30-33)32-16-23(29-31-32)17-6-2-3-7-17/h4-5,8-11,15-17,20H,2-3,6-7,12-13H2,1H3/t20-/m0/s1.